The predicted molar refractivity (Wildman–Crippen MR) is 63.9 cm³/mol. The van der Waals surface area contributed by atoms with Crippen molar-refractivity contribution in [1.29, 1.82) is 0 Å². The minimum atomic E-state index is 0.814. The van der Waals surface area contributed by atoms with Crippen molar-refractivity contribution in [3.8, 4) is 0 Å². The summed E-state index contributed by atoms with van der Waals surface area (Å²) in [5.41, 5.74) is 7.94. The molecule has 0 aromatic heterocycles. The Morgan fingerprint density at radius 1 is 1.07 bits per heavy atom. The zero-order valence-electron chi connectivity index (χ0n) is 9.02. The molecular formula is C13H18N2. The van der Waals surface area contributed by atoms with Crippen LogP contribution < -0.4 is 10.6 Å². The van der Waals surface area contributed by atoms with Gasteiger partial charge < -0.3 is 10.6 Å². The van der Waals surface area contributed by atoms with Crippen LogP contribution in [-0.2, 0) is 0 Å². The summed E-state index contributed by atoms with van der Waals surface area (Å²) < 4.78 is 0. The van der Waals surface area contributed by atoms with Crippen LogP contribution in [-0.4, -0.2) is 12.6 Å². The first-order valence-electron chi connectivity index (χ1n) is 5.95. The van der Waals surface area contributed by atoms with Crippen molar-refractivity contribution in [2.75, 3.05) is 17.2 Å². The van der Waals surface area contributed by atoms with Gasteiger partial charge in [-0.25, -0.2) is 0 Å². The Morgan fingerprint density at radius 3 is 2.27 bits per heavy atom. The highest BCUT2D eigenvalue weighted by Gasteiger charge is 2.33. The smallest absolute Gasteiger partial charge is 0.0370 e. The molecule has 15 heavy (non-hydrogen) atoms. The van der Waals surface area contributed by atoms with Crippen LogP contribution in [0.1, 0.15) is 25.7 Å². The first-order valence-corrected chi connectivity index (χ1v) is 5.95. The average Bonchev–Trinajstić information content (AvgIpc) is 3.10. The minimum Gasteiger partial charge on any atom is -0.399 e. The van der Waals surface area contributed by atoms with E-state index in [2.05, 4.69) is 17.0 Å². The average molecular weight is 202 g/mol. The summed E-state index contributed by atoms with van der Waals surface area (Å²) in [6.45, 7) is 1.26. The molecule has 3 rings (SSSR count). The van der Waals surface area contributed by atoms with Crippen LogP contribution in [0.5, 0.6) is 0 Å². The lowest BCUT2D eigenvalue weighted by molar-refractivity contribution is 0.719. The van der Waals surface area contributed by atoms with Gasteiger partial charge in [0.1, 0.15) is 0 Å². The van der Waals surface area contributed by atoms with Crippen molar-refractivity contribution < 1.29 is 0 Å². The Morgan fingerprint density at radius 2 is 1.73 bits per heavy atom. The normalized spacial score (nSPS) is 20.3. The van der Waals surface area contributed by atoms with Crippen molar-refractivity contribution >= 4 is 11.4 Å². The van der Waals surface area contributed by atoms with E-state index < -0.39 is 0 Å². The molecule has 80 valence electrons. The summed E-state index contributed by atoms with van der Waals surface area (Å²) >= 11 is 0. The molecule has 0 unspecified atom stereocenters. The number of nitrogen functional groups attached to an aromatic ring is 1. The Kier molecular flexibility index (Phi) is 2.08. The van der Waals surface area contributed by atoms with Crippen LogP contribution in [0, 0.1) is 5.92 Å². The van der Waals surface area contributed by atoms with Gasteiger partial charge in [0.05, 0.1) is 0 Å². The van der Waals surface area contributed by atoms with E-state index in [4.69, 9.17) is 5.73 Å². The maximum Gasteiger partial charge on any atom is 0.0370 e. The molecule has 2 aliphatic carbocycles. The highest BCUT2D eigenvalue weighted by atomic mass is 15.2. The molecule has 2 saturated carbocycles. The molecule has 0 heterocycles. The maximum atomic E-state index is 5.71. The Balaban J connectivity index is 1.77. The highest BCUT2D eigenvalue weighted by molar-refractivity contribution is 5.54. The van der Waals surface area contributed by atoms with E-state index >= 15 is 0 Å². The molecule has 2 aliphatic rings. The van der Waals surface area contributed by atoms with E-state index in [1.54, 1.807) is 0 Å². The van der Waals surface area contributed by atoms with Gasteiger partial charge in [-0.15, -0.1) is 0 Å². The third kappa shape index (κ3) is 2.09. The van der Waals surface area contributed by atoms with Gasteiger partial charge in [-0.3, -0.25) is 0 Å². The fourth-order valence-electron chi connectivity index (χ4n) is 2.10. The molecule has 0 amide bonds. The Hall–Kier alpha value is -1.18. The number of rotatable bonds is 4. The number of hydrogen-bond donors (Lipinski definition) is 1. The van der Waals surface area contributed by atoms with E-state index in [-0.39, 0.29) is 0 Å². The molecule has 0 aliphatic heterocycles. The lowest BCUT2D eigenvalue weighted by Crippen LogP contribution is -2.27. The van der Waals surface area contributed by atoms with Crippen LogP contribution in [0.3, 0.4) is 0 Å². The van der Waals surface area contributed by atoms with Gasteiger partial charge in [-0.1, -0.05) is 0 Å². The van der Waals surface area contributed by atoms with Gasteiger partial charge in [-0.05, 0) is 55.9 Å². The highest BCUT2D eigenvalue weighted by Crippen LogP contribution is 2.37. The van der Waals surface area contributed by atoms with Gasteiger partial charge in [0.15, 0.2) is 0 Å². The zero-order chi connectivity index (χ0) is 10.3. The van der Waals surface area contributed by atoms with Crippen LogP contribution in [0.2, 0.25) is 0 Å². The number of nitrogens with zero attached hydrogens (tertiary/aromatic N) is 1. The van der Waals surface area contributed by atoms with Gasteiger partial charge in [-0.2, -0.15) is 0 Å². The Labute approximate surface area is 91.1 Å². The van der Waals surface area contributed by atoms with Crippen LogP contribution in [0.25, 0.3) is 0 Å². The second kappa shape index (κ2) is 3.44. The third-order valence-corrected chi connectivity index (χ3v) is 3.36. The number of hydrogen-bond acceptors (Lipinski definition) is 2. The second-order valence-electron chi connectivity index (χ2n) is 4.92. The van der Waals surface area contributed by atoms with E-state index in [1.165, 1.54) is 37.9 Å². The standard InChI is InChI=1S/C13H18N2/c14-11-3-5-12(6-4-11)15(13-7-8-13)9-10-1-2-10/h3-6,10,13H,1-2,7-9,14H2. The fourth-order valence-corrected chi connectivity index (χ4v) is 2.10. The summed E-state index contributed by atoms with van der Waals surface area (Å²) in [5.74, 6) is 0.961. The second-order valence-corrected chi connectivity index (χ2v) is 4.92. The quantitative estimate of drug-likeness (QED) is 0.760. The van der Waals surface area contributed by atoms with Crippen LogP contribution in [0.15, 0.2) is 24.3 Å². The fraction of sp³-hybridized carbons (Fsp3) is 0.538. The molecule has 2 nitrogen and oxygen atoms in total. The summed E-state index contributed by atoms with van der Waals surface area (Å²) in [5, 5.41) is 0. The molecule has 0 spiro atoms. The SMILES string of the molecule is Nc1ccc(N(CC2CC2)C2CC2)cc1. The molecule has 0 radical (unpaired) electrons. The zero-order valence-corrected chi connectivity index (χ0v) is 9.02. The molecule has 2 N–H and O–H groups in total. The monoisotopic (exact) mass is 202 g/mol. The van der Waals surface area contributed by atoms with Crippen molar-refractivity contribution in [2.45, 2.75) is 31.7 Å². The molecule has 2 fully saturated rings. The number of anilines is 2. The molecule has 0 bridgehead atoms. The minimum absolute atomic E-state index is 0.814. The summed E-state index contributed by atoms with van der Waals surface area (Å²) in [4.78, 5) is 2.58. The molecular weight excluding hydrogens is 184 g/mol. The summed E-state index contributed by atoms with van der Waals surface area (Å²) in [6.07, 6.45) is 5.60. The van der Waals surface area contributed by atoms with E-state index in [0.29, 0.717) is 0 Å². The molecule has 0 atom stereocenters. The molecule has 1 aromatic rings. The maximum absolute atomic E-state index is 5.71. The summed E-state index contributed by atoms with van der Waals surface area (Å²) in [7, 11) is 0. The van der Waals surface area contributed by atoms with E-state index in [1.807, 2.05) is 12.1 Å². The van der Waals surface area contributed by atoms with Gasteiger partial charge >= 0.3 is 0 Å². The van der Waals surface area contributed by atoms with Crippen molar-refractivity contribution in [2.24, 2.45) is 5.92 Å². The summed E-state index contributed by atoms with van der Waals surface area (Å²) in [6, 6.07) is 9.16. The topological polar surface area (TPSA) is 29.3 Å². The third-order valence-electron chi connectivity index (χ3n) is 3.36. The van der Waals surface area contributed by atoms with Crippen molar-refractivity contribution in [3.05, 3.63) is 24.3 Å². The van der Waals surface area contributed by atoms with Gasteiger partial charge in [0.25, 0.3) is 0 Å². The first kappa shape index (κ1) is 9.08. The van der Waals surface area contributed by atoms with E-state index in [9.17, 15) is 0 Å². The van der Waals surface area contributed by atoms with Crippen LogP contribution >= 0.6 is 0 Å². The number of benzene rings is 1. The first-order chi connectivity index (χ1) is 7.33. The van der Waals surface area contributed by atoms with Crippen LogP contribution in [0.4, 0.5) is 11.4 Å². The molecule has 0 saturated heterocycles. The van der Waals surface area contributed by atoms with Gasteiger partial charge in [0.2, 0.25) is 0 Å². The predicted octanol–water partition coefficient (Wildman–Crippen LogP) is 2.65. The lowest BCUT2D eigenvalue weighted by atomic mass is 10.2. The number of nitrogens with two attached hydrogens (primary N) is 1. The Bertz CT molecular complexity index is 336. The van der Waals surface area contributed by atoms with E-state index in [0.717, 1.165) is 17.6 Å². The largest absolute Gasteiger partial charge is 0.399 e. The molecule has 2 heteroatoms. The lowest BCUT2D eigenvalue weighted by Gasteiger charge is -2.24. The van der Waals surface area contributed by atoms with Gasteiger partial charge in [0, 0.05) is 24.0 Å². The molecule has 1 aromatic carbocycles. The van der Waals surface area contributed by atoms with Crippen molar-refractivity contribution in [3.63, 3.8) is 0 Å². The van der Waals surface area contributed by atoms with Crippen molar-refractivity contribution in [1.82, 2.24) is 0 Å².